The van der Waals surface area contributed by atoms with E-state index in [1.807, 2.05) is 6.92 Å². The molecule has 0 saturated carbocycles. The van der Waals surface area contributed by atoms with E-state index >= 15 is 0 Å². The van der Waals surface area contributed by atoms with Gasteiger partial charge in [0.1, 0.15) is 6.61 Å². The molecule has 0 atom stereocenters. The van der Waals surface area contributed by atoms with Crippen LogP contribution in [0.2, 0.25) is 0 Å². The van der Waals surface area contributed by atoms with E-state index < -0.39 is 27.1 Å². The summed E-state index contributed by atoms with van der Waals surface area (Å²) in [5.74, 6) is 0.475. The zero-order valence-electron chi connectivity index (χ0n) is 22.0. The zero-order valence-corrected chi connectivity index (χ0v) is 23.6. The lowest BCUT2D eigenvalue weighted by Gasteiger charge is -2.14. The fourth-order valence-electron chi connectivity index (χ4n) is 3.40. The molecule has 0 radical (unpaired) electrons. The molecular weight excluding hydrogens is 604 g/mol. The monoisotopic (exact) mass is 628 g/mol. The first-order valence-electron chi connectivity index (χ1n) is 12.1. The van der Waals surface area contributed by atoms with Crippen LogP contribution >= 0.6 is 15.9 Å². The number of hydrazone groups is 1. The van der Waals surface area contributed by atoms with Crippen LogP contribution in [0.25, 0.3) is 0 Å². The minimum Gasteiger partial charge on any atom is -0.490 e. The molecule has 0 aliphatic carbocycles. The van der Waals surface area contributed by atoms with Gasteiger partial charge in [0.05, 0.1) is 39.8 Å². The van der Waals surface area contributed by atoms with Crippen molar-refractivity contribution in [3.8, 4) is 28.7 Å². The van der Waals surface area contributed by atoms with Crippen molar-refractivity contribution in [1.82, 2.24) is 5.43 Å². The lowest BCUT2D eigenvalue weighted by atomic mass is 10.2. The highest BCUT2D eigenvalue weighted by Crippen LogP contribution is 2.42. The van der Waals surface area contributed by atoms with Crippen LogP contribution in [0, 0.1) is 20.2 Å². The van der Waals surface area contributed by atoms with Crippen molar-refractivity contribution < 1.29 is 33.6 Å². The Morgan fingerprint density at radius 3 is 2.32 bits per heavy atom. The van der Waals surface area contributed by atoms with Crippen LogP contribution in [-0.2, 0) is 0 Å². The summed E-state index contributed by atoms with van der Waals surface area (Å²) >= 11 is 3.37. The fraction of sp³-hybridized carbons (Fsp3) is 0.185. The third kappa shape index (κ3) is 8.02. The van der Waals surface area contributed by atoms with Gasteiger partial charge in [0, 0.05) is 11.6 Å². The number of non-ortho nitro benzene ring substituents is 1. The van der Waals surface area contributed by atoms with E-state index in [0.29, 0.717) is 33.7 Å². The van der Waals surface area contributed by atoms with Crippen LogP contribution < -0.4 is 24.4 Å². The van der Waals surface area contributed by atoms with Crippen molar-refractivity contribution in [3.05, 3.63) is 97.0 Å². The highest BCUT2D eigenvalue weighted by Gasteiger charge is 2.23. The Balaban J connectivity index is 1.82. The summed E-state index contributed by atoms with van der Waals surface area (Å²) in [6, 6.07) is 10.9. The molecule has 3 rings (SSSR count). The molecule has 13 nitrogen and oxygen atoms in total. The number of ether oxygens (including phenoxy) is 4. The lowest BCUT2D eigenvalue weighted by Crippen LogP contribution is -2.17. The van der Waals surface area contributed by atoms with E-state index in [4.69, 9.17) is 18.9 Å². The normalized spacial score (nSPS) is 10.6. The van der Waals surface area contributed by atoms with Crippen LogP contribution in [0.5, 0.6) is 28.7 Å². The van der Waals surface area contributed by atoms with Gasteiger partial charge in [-0.1, -0.05) is 12.7 Å². The third-order valence-corrected chi connectivity index (χ3v) is 5.72. The summed E-state index contributed by atoms with van der Waals surface area (Å²) in [5, 5.41) is 26.6. The molecule has 41 heavy (non-hydrogen) atoms. The molecule has 0 spiro atoms. The van der Waals surface area contributed by atoms with Crippen LogP contribution in [0.4, 0.5) is 11.4 Å². The van der Waals surface area contributed by atoms with Crippen LogP contribution in [0.15, 0.2) is 70.8 Å². The van der Waals surface area contributed by atoms with Gasteiger partial charge in [0.2, 0.25) is 5.75 Å². The quantitative estimate of drug-likeness (QED) is 0.0948. The maximum Gasteiger partial charge on any atom is 0.318 e. The molecule has 14 heteroatoms. The minimum absolute atomic E-state index is 0.104. The van der Waals surface area contributed by atoms with E-state index in [1.165, 1.54) is 6.21 Å². The van der Waals surface area contributed by atoms with Gasteiger partial charge in [0.25, 0.3) is 11.6 Å². The van der Waals surface area contributed by atoms with Crippen molar-refractivity contribution in [3.63, 3.8) is 0 Å². The van der Waals surface area contributed by atoms with Crippen LogP contribution in [0.3, 0.4) is 0 Å². The average molecular weight is 629 g/mol. The first-order chi connectivity index (χ1) is 19.7. The predicted molar refractivity (Wildman–Crippen MR) is 153 cm³/mol. The number of carbonyl (C=O) groups is 1. The number of halogens is 1. The number of hydrogen-bond donors (Lipinski definition) is 1. The molecule has 0 saturated heterocycles. The maximum absolute atomic E-state index is 12.7. The molecule has 0 fully saturated rings. The molecular formula is C27H25BrN4O9. The second-order valence-corrected chi connectivity index (χ2v) is 8.78. The standard InChI is InChI=1S/C27H25BrN4O9/c1-4-11-40-23-9-7-18(14-24(23)38-5-2)27(33)30-29-16-17-12-20(28)26(25(13-17)39-6-3)41-22-10-8-19(31(34)35)15-21(22)32(36)37/h4,7-10,12-16H,1,5-6,11H2,2-3H3,(H,30,33)/b29-16+. The number of carbonyl (C=O) groups excluding carboxylic acids is 1. The number of nitro benzene ring substituents is 2. The van der Waals surface area contributed by atoms with E-state index in [9.17, 15) is 25.0 Å². The molecule has 0 bridgehead atoms. The van der Waals surface area contributed by atoms with Crippen molar-refractivity contribution in [2.24, 2.45) is 5.10 Å². The lowest BCUT2D eigenvalue weighted by molar-refractivity contribution is -0.394. The molecule has 3 aromatic rings. The molecule has 0 aliphatic rings. The number of nitro groups is 2. The van der Waals surface area contributed by atoms with Crippen molar-refractivity contribution in [1.29, 1.82) is 0 Å². The molecule has 0 aromatic heterocycles. The van der Waals surface area contributed by atoms with Gasteiger partial charge in [0.15, 0.2) is 23.0 Å². The molecule has 1 N–H and O–H groups in total. The number of rotatable bonds is 14. The van der Waals surface area contributed by atoms with E-state index in [0.717, 1.165) is 18.2 Å². The number of amides is 1. The zero-order chi connectivity index (χ0) is 29.9. The summed E-state index contributed by atoms with van der Waals surface area (Å²) < 4.78 is 22.9. The van der Waals surface area contributed by atoms with E-state index in [2.05, 4.69) is 33.0 Å². The minimum atomic E-state index is -0.778. The van der Waals surface area contributed by atoms with Gasteiger partial charge in [-0.2, -0.15) is 5.10 Å². The van der Waals surface area contributed by atoms with Gasteiger partial charge in [-0.25, -0.2) is 5.43 Å². The molecule has 1 amide bonds. The number of nitrogens with one attached hydrogen (secondary N) is 1. The number of nitrogens with zero attached hydrogens (tertiary/aromatic N) is 3. The first-order valence-corrected chi connectivity index (χ1v) is 12.9. The SMILES string of the molecule is C=CCOc1ccc(C(=O)N/N=C/c2cc(Br)c(Oc3ccc([N+](=O)[O-])cc3[N+](=O)[O-])c(OCC)c2)cc1OCC. The largest absolute Gasteiger partial charge is 0.490 e. The first kappa shape index (κ1) is 30.6. The van der Waals surface area contributed by atoms with Gasteiger partial charge in [-0.3, -0.25) is 25.0 Å². The van der Waals surface area contributed by atoms with Crippen LogP contribution in [0.1, 0.15) is 29.8 Å². The van der Waals surface area contributed by atoms with Crippen molar-refractivity contribution >= 4 is 39.4 Å². The Bertz CT molecular complexity index is 1490. The Labute approximate surface area is 242 Å². The summed E-state index contributed by atoms with van der Waals surface area (Å²) in [7, 11) is 0. The highest BCUT2D eigenvalue weighted by molar-refractivity contribution is 9.10. The van der Waals surface area contributed by atoms with Gasteiger partial charge < -0.3 is 18.9 Å². The Hall–Kier alpha value is -4.98. The Morgan fingerprint density at radius 1 is 0.951 bits per heavy atom. The summed E-state index contributed by atoms with van der Waals surface area (Å²) in [5.41, 5.74) is 2.19. The summed E-state index contributed by atoms with van der Waals surface area (Å²) in [6.45, 7) is 8.05. The summed E-state index contributed by atoms with van der Waals surface area (Å²) in [6.07, 6.45) is 2.97. The topological polar surface area (TPSA) is 165 Å². The highest BCUT2D eigenvalue weighted by atomic mass is 79.9. The van der Waals surface area contributed by atoms with Gasteiger partial charge in [-0.15, -0.1) is 0 Å². The molecule has 0 heterocycles. The van der Waals surface area contributed by atoms with Gasteiger partial charge in [-0.05, 0) is 71.7 Å². The second-order valence-electron chi connectivity index (χ2n) is 7.92. The summed E-state index contributed by atoms with van der Waals surface area (Å²) in [4.78, 5) is 33.7. The van der Waals surface area contributed by atoms with Crippen molar-refractivity contribution in [2.75, 3.05) is 19.8 Å². The van der Waals surface area contributed by atoms with E-state index in [-0.39, 0.29) is 30.5 Å². The smallest absolute Gasteiger partial charge is 0.318 e. The number of hydrogen-bond acceptors (Lipinski definition) is 10. The molecule has 0 unspecified atom stereocenters. The molecule has 214 valence electrons. The predicted octanol–water partition coefficient (Wildman–Crippen LogP) is 6.18. The molecule has 0 aliphatic heterocycles. The fourth-order valence-corrected chi connectivity index (χ4v) is 3.94. The average Bonchev–Trinajstić information content (AvgIpc) is 2.94. The molecule has 3 aromatic carbocycles. The third-order valence-electron chi connectivity index (χ3n) is 5.14. The van der Waals surface area contributed by atoms with Gasteiger partial charge >= 0.3 is 5.69 Å². The van der Waals surface area contributed by atoms with Crippen molar-refractivity contribution in [2.45, 2.75) is 13.8 Å². The maximum atomic E-state index is 12.7. The van der Waals surface area contributed by atoms with E-state index in [1.54, 1.807) is 43.3 Å². The number of benzene rings is 3. The second kappa shape index (κ2) is 14.4. The Kier molecular flexibility index (Phi) is 10.7. The Morgan fingerprint density at radius 2 is 1.66 bits per heavy atom. The van der Waals surface area contributed by atoms with Crippen LogP contribution in [-0.4, -0.2) is 41.8 Å².